The number of hydrogen-bond donors (Lipinski definition) is 2. The van der Waals surface area contributed by atoms with Crippen molar-refractivity contribution in [3.05, 3.63) is 74.7 Å². The third kappa shape index (κ3) is 5.32. The smallest absolute Gasteiger partial charge is 0.305 e. The molecular formula is C36H42O7. The van der Waals surface area contributed by atoms with Crippen molar-refractivity contribution in [3.8, 4) is 17.2 Å². The Morgan fingerprint density at radius 3 is 2.70 bits per heavy atom. The molecule has 2 aromatic carbocycles. The molecule has 2 fully saturated rings. The average molecular weight is 587 g/mol. The fourth-order valence-electron chi connectivity index (χ4n) is 8.25. The first-order valence-electron chi connectivity index (χ1n) is 15.7. The Morgan fingerprint density at radius 2 is 1.91 bits per heavy atom. The van der Waals surface area contributed by atoms with Gasteiger partial charge in [-0.2, -0.15) is 0 Å². The second-order valence-corrected chi connectivity index (χ2v) is 13.1. The molecule has 228 valence electrons. The van der Waals surface area contributed by atoms with Crippen molar-refractivity contribution in [2.45, 2.75) is 91.1 Å². The minimum atomic E-state index is -0.232. The van der Waals surface area contributed by atoms with Crippen LogP contribution in [0.15, 0.2) is 51.2 Å². The van der Waals surface area contributed by atoms with E-state index >= 15 is 0 Å². The second kappa shape index (κ2) is 11.4. The Balaban J connectivity index is 0.000000157. The van der Waals surface area contributed by atoms with Gasteiger partial charge in [0.05, 0.1) is 0 Å². The minimum absolute atomic E-state index is 0.0350. The molecule has 43 heavy (non-hydrogen) atoms. The Labute approximate surface area is 252 Å². The summed E-state index contributed by atoms with van der Waals surface area (Å²) in [6.45, 7) is 8.39. The van der Waals surface area contributed by atoms with E-state index in [1.165, 1.54) is 36.5 Å². The topological polar surface area (TPSA) is 106 Å². The van der Waals surface area contributed by atoms with E-state index in [1.54, 1.807) is 13.0 Å². The predicted molar refractivity (Wildman–Crippen MR) is 165 cm³/mol. The van der Waals surface area contributed by atoms with Crippen LogP contribution in [-0.2, 0) is 22.4 Å². The molecule has 5 unspecified atom stereocenters. The molecule has 7 rings (SSSR count). The minimum Gasteiger partial charge on any atom is -0.508 e. The molecule has 7 nitrogen and oxygen atoms in total. The van der Waals surface area contributed by atoms with Crippen LogP contribution >= 0.6 is 0 Å². The zero-order valence-electron chi connectivity index (χ0n) is 25.6. The highest BCUT2D eigenvalue weighted by Gasteiger charge is 2.56. The van der Waals surface area contributed by atoms with Crippen molar-refractivity contribution in [2.75, 3.05) is 6.61 Å². The second-order valence-electron chi connectivity index (χ2n) is 13.1. The number of phenolic OH excluding ortho intramolecular Hbond substituents is 2. The zero-order valence-corrected chi connectivity index (χ0v) is 25.6. The molecule has 2 heterocycles. The van der Waals surface area contributed by atoms with E-state index in [2.05, 4.69) is 13.0 Å². The van der Waals surface area contributed by atoms with Crippen LogP contribution in [0.5, 0.6) is 17.2 Å². The van der Waals surface area contributed by atoms with Crippen LogP contribution in [0.1, 0.15) is 87.7 Å². The molecule has 2 saturated carbocycles. The maximum atomic E-state index is 12.0. The number of rotatable bonds is 2. The highest BCUT2D eigenvalue weighted by molar-refractivity contribution is 5.87. The number of fused-ring (bicyclic) bond motifs is 7. The maximum Gasteiger partial charge on any atom is 0.305 e. The SMILES string of the molecule is CC1=CCc2c(cc3oc(C)cc(=O)c3c2O)OC1.CCC(=O)OC1CCC2C3CCc4cc(O)ccc4C3CCC12C. The molecule has 0 saturated heterocycles. The highest BCUT2D eigenvalue weighted by atomic mass is 16.5. The lowest BCUT2D eigenvalue weighted by atomic mass is 9.55. The molecule has 0 spiro atoms. The highest BCUT2D eigenvalue weighted by Crippen LogP contribution is 2.61. The van der Waals surface area contributed by atoms with Gasteiger partial charge in [0.1, 0.15) is 46.7 Å². The van der Waals surface area contributed by atoms with Crippen molar-refractivity contribution in [1.82, 2.24) is 0 Å². The maximum absolute atomic E-state index is 12.0. The quantitative estimate of drug-likeness (QED) is 0.240. The summed E-state index contributed by atoms with van der Waals surface area (Å²) < 4.78 is 17.0. The van der Waals surface area contributed by atoms with Gasteiger partial charge in [-0.15, -0.1) is 0 Å². The number of carbonyl (C=O) groups is 1. The first kappa shape index (κ1) is 29.3. The van der Waals surface area contributed by atoms with E-state index in [9.17, 15) is 19.8 Å². The largest absolute Gasteiger partial charge is 0.508 e. The van der Waals surface area contributed by atoms with Gasteiger partial charge in [-0.05, 0) is 105 Å². The number of carbonyl (C=O) groups excluding carboxylic acids is 1. The molecule has 0 radical (unpaired) electrons. The van der Waals surface area contributed by atoms with Gasteiger partial charge in [0, 0.05) is 29.5 Å². The Hall–Kier alpha value is -3.74. The van der Waals surface area contributed by atoms with Crippen molar-refractivity contribution >= 4 is 16.9 Å². The summed E-state index contributed by atoms with van der Waals surface area (Å²) in [4.78, 5) is 23.8. The first-order chi connectivity index (χ1) is 20.6. The molecular weight excluding hydrogens is 544 g/mol. The van der Waals surface area contributed by atoms with Gasteiger partial charge in [0.2, 0.25) is 0 Å². The molecule has 2 N–H and O–H groups in total. The zero-order chi connectivity index (χ0) is 30.5. The number of allylic oxidation sites excluding steroid dienone is 1. The molecule has 4 aliphatic rings. The number of ether oxygens (including phenoxy) is 2. The summed E-state index contributed by atoms with van der Waals surface area (Å²) in [5.41, 5.74) is 4.81. The number of phenols is 2. The third-order valence-electron chi connectivity index (χ3n) is 10.5. The van der Waals surface area contributed by atoms with Crippen LogP contribution in [0, 0.1) is 24.2 Å². The predicted octanol–water partition coefficient (Wildman–Crippen LogP) is 7.26. The molecule has 1 aliphatic heterocycles. The summed E-state index contributed by atoms with van der Waals surface area (Å²) >= 11 is 0. The van der Waals surface area contributed by atoms with Crippen LogP contribution in [0.25, 0.3) is 11.0 Å². The van der Waals surface area contributed by atoms with Crippen LogP contribution in [0.4, 0.5) is 0 Å². The van der Waals surface area contributed by atoms with Gasteiger partial charge >= 0.3 is 5.97 Å². The lowest BCUT2D eigenvalue weighted by molar-refractivity contribution is -0.157. The Morgan fingerprint density at radius 1 is 1.09 bits per heavy atom. The Kier molecular flexibility index (Phi) is 7.78. The molecule has 0 amide bonds. The van der Waals surface area contributed by atoms with Gasteiger partial charge in [0.15, 0.2) is 5.43 Å². The van der Waals surface area contributed by atoms with Crippen molar-refractivity contribution in [2.24, 2.45) is 17.3 Å². The number of aryl methyl sites for hydroxylation is 2. The summed E-state index contributed by atoms with van der Waals surface area (Å²) in [6.07, 6.45) is 9.93. The van der Waals surface area contributed by atoms with Crippen molar-refractivity contribution < 1.29 is 28.9 Å². The summed E-state index contributed by atoms with van der Waals surface area (Å²) in [7, 11) is 0. The number of hydrogen-bond acceptors (Lipinski definition) is 7. The number of aromatic hydroxyl groups is 2. The number of benzene rings is 2. The number of esters is 1. The van der Waals surface area contributed by atoms with Gasteiger partial charge in [-0.25, -0.2) is 0 Å². The average Bonchev–Trinajstić information content (AvgIpc) is 3.18. The molecule has 7 heteroatoms. The van der Waals surface area contributed by atoms with Crippen LogP contribution in [0.3, 0.4) is 0 Å². The van der Waals surface area contributed by atoms with E-state index in [-0.39, 0.29) is 34.1 Å². The molecule has 3 aromatic rings. The van der Waals surface area contributed by atoms with Crippen LogP contribution < -0.4 is 10.2 Å². The molecule has 1 aromatic heterocycles. The Bertz CT molecular complexity index is 1650. The summed E-state index contributed by atoms with van der Waals surface area (Å²) in [5, 5.41) is 20.3. The lowest BCUT2D eigenvalue weighted by Crippen LogP contribution is -2.45. The standard InChI is InChI=1S/C21H28O3.C15H14O4/c1-3-20(23)24-19-9-8-18-17-6-4-13-12-14(22)5-7-15(13)16(17)10-11-21(18,19)2;1-8-3-4-10-12(18-7-8)6-13-14(15(10)17)11(16)5-9(2)19-13/h5,7,12,16-19,22H,3-4,6,8-11H2,1-2H3;3,5-6,17H,4,7H2,1-2H3. The summed E-state index contributed by atoms with van der Waals surface area (Å²) in [6, 6.07) is 9.02. The van der Waals surface area contributed by atoms with Crippen LogP contribution in [-0.4, -0.2) is 28.9 Å². The van der Waals surface area contributed by atoms with Crippen molar-refractivity contribution in [3.63, 3.8) is 0 Å². The third-order valence-corrected chi connectivity index (χ3v) is 10.5. The van der Waals surface area contributed by atoms with E-state index in [0.29, 0.717) is 65.6 Å². The summed E-state index contributed by atoms with van der Waals surface area (Å²) in [5.74, 6) is 3.37. The van der Waals surface area contributed by atoms with Crippen molar-refractivity contribution in [1.29, 1.82) is 0 Å². The fourth-order valence-corrected chi connectivity index (χ4v) is 8.25. The molecule has 3 aliphatic carbocycles. The monoisotopic (exact) mass is 586 g/mol. The normalized spacial score (nSPS) is 27.2. The van der Waals surface area contributed by atoms with Gasteiger partial charge in [-0.3, -0.25) is 9.59 Å². The van der Waals surface area contributed by atoms with Crippen LogP contribution in [0.2, 0.25) is 0 Å². The van der Waals surface area contributed by atoms with Gasteiger partial charge in [-0.1, -0.05) is 26.0 Å². The molecule has 5 atom stereocenters. The van der Waals surface area contributed by atoms with E-state index < -0.39 is 0 Å². The lowest BCUT2D eigenvalue weighted by Gasteiger charge is -2.50. The van der Waals surface area contributed by atoms with E-state index in [1.807, 2.05) is 32.1 Å². The van der Waals surface area contributed by atoms with Gasteiger partial charge in [0.25, 0.3) is 0 Å². The fraction of sp³-hybridized carbons (Fsp3) is 0.500. The van der Waals surface area contributed by atoms with Gasteiger partial charge < -0.3 is 24.1 Å². The van der Waals surface area contributed by atoms with E-state index in [0.717, 1.165) is 24.8 Å². The first-order valence-corrected chi connectivity index (χ1v) is 15.7. The molecule has 0 bridgehead atoms. The van der Waals surface area contributed by atoms with E-state index in [4.69, 9.17) is 13.9 Å².